The SMILES string of the molecule is CCOC(=O)c1c(C)sc2c1OC(N)=C(C#N)C2c1ccsc1. The van der Waals surface area contributed by atoms with Gasteiger partial charge in [0.15, 0.2) is 5.75 Å². The standard InChI is InChI=1S/C16H14N2O3S2/c1-3-20-16(19)11-8(2)23-14-12(9-4-5-22-7-9)10(6-17)15(18)21-13(11)14/h4-5,7,12H,3,18H2,1-2H3. The summed E-state index contributed by atoms with van der Waals surface area (Å²) in [7, 11) is 0. The number of carbonyl (C=O) groups excluding carboxylic acids is 1. The van der Waals surface area contributed by atoms with Gasteiger partial charge in [-0.15, -0.1) is 11.3 Å². The van der Waals surface area contributed by atoms with E-state index in [4.69, 9.17) is 15.2 Å². The van der Waals surface area contributed by atoms with Crippen LogP contribution in [-0.2, 0) is 4.74 Å². The summed E-state index contributed by atoms with van der Waals surface area (Å²) >= 11 is 2.98. The maximum atomic E-state index is 12.2. The van der Waals surface area contributed by atoms with Crippen LogP contribution in [0, 0.1) is 18.3 Å². The molecule has 1 atom stereocenters. The Bertz CT molecular complexity index is 828. The molecule has 0 aliphatic carbocycles. The quantitative estimate of drug-likeness (QED) is 0.860. The van der Waals surface area contributed by atoms with Gasteiger partial charge in [-0.25, -0.2) is 4.79 Å². The van der Waals surface area contributed by atoms with Gasteiger partial charge in [0.25, 0.3) is 0 Å². The van der Waals surface area contributed by atoms with Gasteiger partial charge in [0.05, 0.1) is 17.4 Å². The average Bonchev–Trinajstić information content (AvgIpc) is 3.13. The number of ether oxygens (including phenoxy) is 2. The Hall–Kier alpha value is -2.30. The van der Waals surface area contributed by atoms with Crippen LogP contribution < -0.4 is 10.5 Å². The number of nitrogens with zero attached hydrogens (tertiary/aromatic N) is 1. The predicted molar refractivity (Wildman–Crippen MR) is 88.6 cm³/mol. The van der Waals surface area contributed by atoms with E-state index < -0.39 is 5.97 Å². The molecule has 118 valence electrons. The third-order valence-corrected chi connectivity index (χ3v) is 5.42. The molecule has 2 N–H and O–H groups in total. The normalized spacial score (nSPS) is 16.5. The number of esters is 1. The molecule has 0 radical (unpaired) electrons. The number of allylic oxidation sites excluding steroid dienone is 1. The maximum absolute atomic E-state index is 12.2. The lowest BCUT2D eigenvalue weighted by Crippen LogP contribution is -2.21. The van der Waals surface area contributed by atoms with E-state index in [-0.39, 0.29) is 18.4 Å². The monoisotopic (exact) mass is 346 g/mol. The Balaban J connectivity index is 2.19. The van der Waals surface area contributed by atoms with Crippen molar-refractivity contribution in [3.8, 4) is 11.8 Å². The average molecular weight is 346 g/mol. The number of hydrogen-bond acceptors (Lipinski definition) is 7. The van der Waals surface area contributed by atoms with E-state index >= 15 is 0 Å². The molecule has 3 heterocycles. The summed E-state index contributed by atoms with van der Waals surface area (Å²) in [6.45, 7) is 3.88. The highest BCUT2D eigenvalue weighted by Gasteiger charge is 2.37. The molecule has 0 saturated carbocycles. The molecule has 2 aromatic rings. The fraction of sp³-hybridized carbons (Fsp3) is 0.250. The van der Waals surface area contributed by atoms with Gasteiger partial charge >= 0.3 is 5.97 Å². The molecule has 23 heavy (non-hydrogen) atoms. The molecule has 7 heteroatoms. The molecule has 0 bridgehead atoms. The van der Waals surface area contributed by atoms with Gasteiger partial charge in [-0.05, 0) is 36.2 Å². The lowest BCUT2D eigenvalue weighted by Gasteiger charge is -2.23. The van der Waals surface area contributed by atoms with Crippen molar-refractivity contribution in [1.29, 1.82) is 5.26 Å². The number of rotatable bonds is 3. The van der Waals surface area contributed by atoms with E-state index in [2.05, 4.69) is 6.07 Å². The van der Waals surface area contributed by atoms with Gasteiger partial charge in [-0.2, -0.15) is 16.6 Å². The van der Waals surface area contributed by atoms with E-state index in [1.807, 2.05) is 23.8 Å². The van der Waals surface area contributed by atoms with Gasteiger partial charge in [0.1, 0.15) is 17.2 Å². The molecule has 1 unspecified atom stereocenters. The Morgan fingerprint density at radius 2 is 2.35 bits per heavy atom. The number of nitrogens with two attached hydrogens (primary N) is 1. The van der Waals surface area contributed by atoms with Crippen LogP contribution in [0.2, 0.25) is 0 Å². The summed E-state index contributed by atoms with van der Waals surface area (Å²) in [5, 5.41) is 13.4. The number of carbonyl (C=O) groups is 1. The summed E-state index contributed by atoms with van der Waals surface area (Å²) in [6.07, 6.45) is 0. The Morgan fingerprint density at radius 1 is 1.57 bits per heavy atom. The summed E-state index contributed by atoms with van der Waals surface area (Å²) in [5.74, 6) is -0.278. The molecule has 0 aromatic carbocycles. The second kappa shape index (κ2) is 6.07. The van der Waals surface area contributed by atoms with Crippen LogP contribution in [0.1, 0.15) is 38.5 Å². The summed E-state index contributed by atoms with van der Waals surface area (Å²) in [6, 6.07) is 4.09. The summed E-state index contributed by atoms with van der Waals surface area (Å²) in [5.41, 5.74) is 7.68. The molecular weight excluding hydrogens is 332 g/mol. The van der Waals surface area contributed by atoms with Gasteiger partial charge in [-0.1, -0.05) is 0 Å². The minimum atomic E-state index is -0.431. The Kier molecular flexibility index (Phi) is 4.11. The molecule has 1 aliphatic heterocycles. The van der Waals surface area contributed by atoms with Crippen LogP contribution in [0.4, 0.5) is 0 Å². The van der Waals surface area contributed by atoms with Crippen molar-refractivity contribution in [3.63, 3.8) is 0 Å². The molecule has 5 nitrogen and oxygen atoms in total. The molecule has 3 rings (SSSR count). The van der Waals surface area contributed by atoms with Gasteiger partial charge in [0, 0.05) is 4.88 Å². The van der Waals surface area contributed by atoms with Crippen molar-refractivity contribution in [2.45, 2.75) is 19.8 Å². The summed E-state index contributed by atoms with van der Waals surface area (Å²) in [4.78, 5) is 13.8. The molecular formula is C16H14N2O3S2. The van der Waals surface area contributed by atoms with Crippen molar-refractivity contribution in [2.24, 2.45) is 5.73 Å². The minimum absolute atomic E-state index is 0.0412. The largest absolute Gasteiger partial charge is 0.462 e. The molecule has 1 aliphatic rings. The van der Waals surface area contributed by atoms with Crippen LogP contribution in [0.3, 0.4) is 0 Å². The van der Waals surface area contributed by atoms with E-state index in [1.165, 1.54) is 11.3 Å². The molecule has 2 aromatic heterocycles. The van der Waals surface area contributed by atoms with Crippen molar-refractivity contribution in [2.75, 3.05) is 6.61 Å². The maximum Gasteiger partial charge on any atom is 0.343 e. The minimum Gasteiger partial charge on any atom is -0.462 e. The molecule has 0 spiro atoms. The van der Waals surface area contributed by atoms with E-state index in [9.17, 15) is 10.1 Å². The van der Waals surface area contributed by atoms with Crippen molar-refractivity contribution in [3.05, 3.63) is 49.2 Å². The highest BCUT2D eigenvalue weighted by molar-refractivity contribution is 7.13. The topological polar surface area (TPSA) is 85.3 Å². The molecule has 0 amide bonds. The van der Waals surface area contributed by atoms with Crippen molar-refractivity contribution >= 4 is 28.6 Å². The first-order chi connectivity index (χ1) is 11.1. The Morgan fingerprint density at radius 3 is 2.96 bits per heavy atom. The van der Waals surface area contributed by atoms with Crippen LogP contribution in [0.25, 0.3) is 0 Å². The lowest BCUT2D eigenvalue weighted by molar-refractivity contribution is 0.0522. The van der Waals surface area contributed by atoms with Crippen LogP contribution in [-0.4, -0.2) is 12.6 Å². The fourth-order valence-corrected chi connectivity index (χ4v) is 4.49. The predicted octanol–water partition coefficient (Wildman–Crippen LogP) is 3.51. The fourth-order valence-electron chi connectivity index (χ4n) is 2.59. The van der Waals surface area contributed by atoms with Crippen LogP contribution in [0.15, 0.2) is 28.3 Å². The van der Waals surface area contributed by atoms with Crippen LogP contribution in [0.5, 0.6) is 5.75 Å². The highest BCUT2D eigenvalue weighted by atomic mass is 32.1. The first kappa shape index (κ1) is 15.6. The van der Waals surface area contributed by atoms with Crippen molar-refractivity contribution in [1.82, 2.24) is 0 Å². The first-order valence-electron chi connectivity index (χ1n) is 6.98. The van der Waals surface area contributed by atoms with E-state index in [0.29, 0.717) is 16.9 Å². The zero-order valence-electron chi connectivity index (χ0n) is 12.6. The van der Waals surface area contributed by atoms with Gasteiger partial charge < -0.3 is 15.2 Å². The molecule has 0 fully saturated rings. The molecule has 0 saturated heterocycles. The highest BCUT2D eigenvalue weighted by Crippen LogP contribution is 2.49. The van der Waals surface area contributed by atoms with E-state index in [0.717, 1.165) is 15.3 Å². The summed E-state index contributed by atoms with van der Waals surface area (Å²) < 4.78 is 10.7. The Labute approximate surface area is 141 Å². The second-order valence-electron chi connectivity index (χ2n) is 4.93. The van der Waals surface area contributed by atoms with Crippen LogP contribution >= 0.6 is 22.7 Å². The number of aryl methyl sites for hydroxylation is 1. The number of fused-ring (bicyclic) bond motifs is 1. The van der Waals surface area contributed by atoms with E-state index in [1.54, 1.807) is 18.3 Å². The third-order valence-electron chi connectivity index (χ3n) is 3.57. The third kappa shape index (κ3) is 2.50. The smallest absolute Gasteiger partial charge is 0.343 e. The lowest BCUT2D eigenvalue weighted by atomic mass is 9.90. The number of nitriles is 1. The first-order valence-corrected chi connectivity index (χ1v) is 8.74. The number of hydrogen-bond donors (Lipinski definition) is 1. The second-order valence-corrected chi connectivity index (χ2v) is 6.96. The number of thiophene rings is 2. The zero-order valence-corrected chi connectivity index (χ0v) is 14.2. The van der Waals surface area contributed by atoms with Gasteiger partial charge in [-0.3, -0.25) is 0 Å². The zero-order chi connectivity index (χ0) is 16.6. The van der Waals surface area contributed by atoms with Crippen molar-refractivity contribution < 1.29 is 14.3 Å². The van der Waals surface area contributed by atoms with Gasteiger partial charge in [0.2, 0.25) is 5.88 Å².